The molecule has 0 bridgehead atoms. The molecule has 16 heavy (non-hydrogen) atoms. The average molecular weight is 574 g/mol. The van der Waals surface area contributed by atoms with Crippen molar-refractivity contribution in [2.45, 2.75) is 0 Å². The Hall–Kier alpha value is 0.780. The molecule has 0 aliphatic rings. The van der Waals surface area contributed by atoms with Crippen molar-refractivity contribution in [1.82, 2.24) is 0 Å². The van der Waals surface area contributed by atoms with Gasteiger partial charge in [-0.05, 0) is 12.1 Å². The molecule has 0 saturated heterocycles. The van der Waals surface area contributed by atoms with Crippen LogP contribution in [0, 0.1) is 7.40 Å². The van der Waals surface area contributed by atoms with E-state index in [0.29, 0.717) is 0 Å². The topological polar surface area (TPSA) is 28.3 Å². The summed E-state index contributed by atoms with van der Waals surface area (Å²) in [4.78, 5) is 6.04. The normalized spacial score (nSPS) is 7.62. The fourth-order valence-corrected chi connectivity index (χ4v) is 1.52. The van der Waals surface area contributed by atoms with Gasteiger partial charge in [0.15, 0.2) is 12.4 Å². The zero-order valence-electron chi connectivity index (χ0n) is 8.13. The molecule has 0 radical (unpaired) electrons. The second-order valence-electron chi connectivity index (χ2n) is 2.42. The van der Waals surface area contributed by atoms with Gasteiger partial charge >= 0.3 is 0 Å². The summed E-state index contributed by atoms with van der Waals surface area (Å²) in [6.07, 6.45) is 3.81. The van der Waals surface area contributed by atoms with E-state index in [1.807, 2.05) is 48.8 Å². The standard InChI is InChI=1S/2C5H4IN.ClH.HI/c2*6-5-3-1-2-4-7-5;;/h2*1-4H;2*1H. The first-order chi connectivity index (χ1) is 6.79. The van der Waals surface area contributed by atoms with Crippen LogP contribution in [0.5, 0.6) is 0 Å². The zero-order valence-corrected chi connectivity index (χ0v) is 15.4. The summed E-state index contributed by atoms with van der Waals surface area (Å²) in [6.45, 7) is 0. The van der Waals surface area contributed by atoms with Crippen molar-refractivity contribution in [3.63, 3.8) is 0 Å². The fraction of sp³-hybridized carbons (Fsp3) is 0. The lowest BCUT2D eigenvalue weighted by molar-refractivity contribution is -0.394. The molecule has 2 aromatic rings. The molecule has 88 valence electrons. The zero-order chi connectivity index (χ0) is 10.2. The van der Waals surface area contributed by atoms with Crippen LogP contribution < -0.4 is 46.4 Å². The lowest BCUT2D eigenvalue weighted by atomic mass is 10.5. The largest absolute Gasteiger partial charge is 1.00 e. The molecule has 2 aromatic heterocycles. The highest BCUT2D eigenvalue weighted by Crippen LogP contribution is 1.90. The maximum Gasteiger partial charge on any atom is 0.239 e. The Labute approximate surface area is 146 Å². The van der Waals surface area contributed by atoms with Gasteiger partial charge in [-0.1, -0.05) is 0 Å². The van der Waals surface area contributed by atoms with Crippen LogP contribution in [0.1, 0.15) is 0 Å². The van der Waals surface area contributed by atoms with Gasteiger partial charge in [-0.2, -0.15) is 0 Å². The number of aromatic nitrogens is 2. The molecule has 2 heterocycles. The summed E-state index contributed by atoms with van der Waals surface area (Å²) < 4.78 is 2.33. The number of halogens is 4. The molecule has 0 aliphatic carbocycles. The summed E-state index contributed by atoms with van der Waals surface area (Å²) in [5.41, 5.74) is 0. The Morgan fingerprint density at radius 3 is 1.25 bits per heavy atom. The molecule has 0 fully saturated rings. The summed E-state index contributed by atoms with van der Waals surface area (Å²) in [5, 5.41) is 0. The van der Waals surface area contributed by atoms with Gasteiger partial charge in [0.2, 0.25) is 7.40 Å². The SMILES string of the molecule is Ic1cccc[nH+]1.Ic1cccc[nH+]1.[Cl-].[I-]. The molecule has 0 unspecified atom stereocenters. The predicted octanol–water partition coefficient (Wildman–Crippen LogP) is -3.78. The Balaban J connectivity index is 0. The number of hydrogen-bond donors (Lipinski definition) is 0. The van der Waals surface area contributed by atoms with E-state index in [-0.39, 0.29) is 36.4 Å². The predicted molar refractivity (Wildman–Crippen MR) is 71.4 cm³/mol. The lowest BCUT2D eigenvalue weighted by Crippen LogP contribution is -3.00. The number of nitrogens with one attached hydrogen (secondary N) is 2. The average Bonchev–Trinajstić information content (AvgIpc) is 2.21. The number of hydrogen-bond acceptors (Lipinski definition) is 0. The number of aromatic amines is 2. The van der Waals surface area contributed by atoms with Gasteiger partial charge in [-0.15, -0.1) is 0 Å². The van der Waals surface area contributed by atoms with Crippen LogP contribution in [0.15, 0.2) is 48.8 Å². The molecule has 0 aliphatic heterocycles. The molecular formula is C10H10ClI3N2. The van der Waals surface area contributed by atoms with E-state index in [1.165, 1.54) is 7.40 Å². The number of rotatable bonds is 0. The third kappa shape index (κ3) is 9.97. The maximum absolute atomic E-state index is 3.02. The monoisotopic (exact) mass is 574 g/mol. The Kier molecular flexibility index (Phi) is 14.6. The van der Waals surface area contributed by atoms with Crippen molar-refractivity contribution >= 4 is 45.2 Å². The summed E-state index contributed by atoms with van der Waals surface area (Å²) in [6, 6.07) is 11.9. The molecule has 0 spiro atoms. The molecule has 6 heteroatoms. The van der Waals surface area contributed by atoms with E-state index in [1.54, 1.807) is 0 Å². The second-order valence-corrected chi connectivity index (χ2v) is 4.75. The van der Waals surface area contributed by atoms with Gasteiger partial charge in [0.1, 0.15) is 0 Å². The van der Waals surface area contributed by atoms with Gasteiger partial charge in [0.25, 0.3) is 0 Å². The summed E-state index contributed by atoms with van der Waals surface area (Å²) >= 11 is 4.45. The van der Waals surface area contributed by atoms with Crippen LogP contribution in [-0.4, -0.2) is 0 Å². The molecule has 2 rings (SSSR count). The highest BCUT2D eigenvalue weighted by molar-refractivity contribution is 14.1. The van der Waals surface area contributed by atoms with E-state index in [2.05, 4.69) is 55.1 Å². The minimum Gasteiger partial charge on any atom is -1.00 e. The molecular weight excluding hydrogens is 564 g/mol. The van der Waals surface area contributed by atoms with E-state index in [9.17, 15) is 0 Å². The first-order valence-electron chi connectivity index (χ1n) is 4.03. The van der Waals surface area contributed by atoms with Crippen LogP contribution in [0.4, 0.5) is 0 Å². The fourth-order valence-electron chi connectivity index (χ4n) is 0.743. The smallest absolute Gasteiger partial charge is 0.239 e. The van der Waals surface area contributed by atoms with Crippen LogP contribution in [0.2, 0.25) is 0 Å². The van der Waals surface area contributed by atoms with E-state index in [0.717, 1.165) is 0 Å². The number of H-pyrrole nitrogens is 2. The van der Waals surface area contributed by atoms with Crippen molar-refractivity contribution in [2.24, 2.45) is 0 Å². The third-order valence-corrected chi connectivity index (χ3v) is 2.68. The van der Waals surface area contributed by atoms with E-state index < -0.39 is 0 Å². The molecule has 0 saturated carbocycles. The number of pyridine rings is 2. The van der Waals surface area contributed by atoms with Crippen molar-refractivity contribution in [3.8, 4) is 0 Å². The van der Waals surface area contributed by atoms with E-state index in [4.69, 9.17) is 0 Å². The molecule has 2 N–H and O–H groups in total. The maximum atomic E-state index is 3.02. The van der Waals surface area contributed by atoms with Gasteiger partial charge in [-0.3, -0.25) is 0 Å². The minimum atomic E-state index is 0. The first kappa shape index (κ1) is 19.1. The van der Waals surface area contributed by atoms with Crippen molar-refractivity contribution in [3.05, 3.63) is 56.2 Å². The van der Waals surface area contributed by atoms with Crippen LogP contribution in [0.3, 0.4) is 0 Å². The summed E-state index contributed by atoms with van der Waals surface area (Å²) in [5.74, 6) is 0. The first-order valence-corrected chi connectivity index (χ1v) is 6.19. The Morgan fingerprint density at radius 1 is 0.750 bits per heavy atom. The van der Waals surface area contributed by atoms with Gasteiger partial charge in [0, 0.05) is 69.4 Å². The third-order valence-electron chi connectivity index (χ3n) is 1.34. The van der Waals surface area contributed by atoms with Gasteiger partial charge in [0.05, 0.1) is 0 Å². The second kappa shape index (κ2) is 12.2. The minimum absolute atomic E-state index is 0. The molecule has 0 amide bonds. The Morgan fingerprint density at radius 2 is 1.12 bits per heavy atom. The summed E-state index contributed by atoms with van der Waals surface area (Å²) in [7, 11) is 0. The van der Waals surface area contributed by atoms with Gasteiger partial charge < -0.3 is 36.4 Å². The molecule has 2 nitrogen and oxygen atoms in total. The quantitative estimate of drug-likeness (QED) is 0.229. The van der Waals surface area contributed by atoms with Crippen molar-refractivity contribution < 1.29 is 46.4 Å². The Bertz CT molecular complexity index is 321. The van der Waals surface area contributed by atoms with Crippen LogP contribution >= 0.6 is 45.2 Å². The van der Waals surface area contributed by atoms with Crippen molar-refractivity contribution in [1.29, 1.82) is 0 Å². The lowest BCUT2D eigenvalue weighted by Gasteiger charge is -1.72. The van der Waals surface area contributed by atoms with Crippen LogP contribution in [-0.2, 0) is 0 Å². The van der Waals surface area contributed by atoms with E-state index >= 15 is 0 Å². The highest BCUT2D eigenvalue weighted by Gasteiger charge is 1.84. The van der Waals surface area contributed by atoms with Gasteiger partial charge in [-0.25, -0.2) is 9.97 Å². The van der Waals surface area contributed by atoms with Crippen molar-refractivity contribution in [2.75, 3.05) is 0 Å². The highest BCUT2D eigenvalue weighted by atomic mass is 127. The molecule has 0 aromatic carbocycles. The van der Waals surface area contributed by atoms with Crippen LogP contribution in [0.25, 0.3) is 0 Å². The molecule has 0 atom stereocenters.